The van der Waals surface area contributed by atoms with Crippen LogP contribution in [-0.2, 0) is 55.8 Å². The van der Waals surface area contributed by atoms with Crippen molar-refractivity contribution in [2.45, 2.75) is 283 Å². The summed E-state index contributed by atoms with van der Waals surface area (Å²) in [6, 6.07) is 0. The van der Waals surface area contributed by atoms with Crippen LogP contribution in [0.2, 0.25) is 0 Å². The summed E-state index contributed by atoms with van der Waals surface area (Å²) in [5.74, 6) is -1.59. The molecule has 492 valence electrons. The van der Waals surface area contributed by atoms with Gasteiger partial charge in [0.2, 0.25) is 0 Å². The van der Waals surface area contributed by atoms with Crippen LogP contribution < -0.4 is 0 Å². The maximum atomic E-state index is 12.8. The minimum absolute atomic E-state index is 0.105. The number of unbranched alkanes of at least 4 members (excludes halogenated alkanes) is 25. The molecule has 4 N–H and O–H groups in total. The first kappa shape index (κ1) is 81.7. The monoisotopic (exact) mass is 1240 g/mol. The van der Waals surface area contributed by atoms with Crippen molar-refractivity contribution in [3.05, 3.63) is 85.1 Å². The fourth-order valence-corrected chi connectivity index (χ4v) is 10.2. The molecule has 0 rings (SSSR count). The summed E-state index contributed by atoms with van der Waals surface area (Å²) in [6.07, 6.45) is 63.7. The highest BCUT2D eigenvalue weighted by Gasteiger charge is 2.29. The molecule has 0 saturated heterocycles. The lowest BCUT2D eigenvalue weighted by Gasteiger charge is -2.21. The summed E-state index contributed by atoms with van der Waals surface area (Å²) >= 11 is 0. The predicted octanol–water partition coefficient (Wildman–Crippen LogP) is 17.8. The Bertz CT molecular complexity index is 1900. The number of aliphatic hydroxyl groups excluding tert-OH is 2. The van der Waals surface area contributed by atoms with Gasteiger partial charge in [0.05, 0.1) is 26.4 Å². The van der Waals surface area contributed by atoms with E-state index in [1.807, 2.05) is 0 Å². The summed E-state index contributed by atoms with van der Waals surface area (Å²) in [7, 11) is -9.76. The Morgan fingerprint density at radius 3 is 1.04 bits per heavy atom. The normalized spacial score (nSPS) is 14.9. The molecule has 0 aromatic rings. The maximum absolute atomic E-state index is 12.8. The van der Waals surface area contributed by atoms with Gasteiger partial charge in [0.1, 0.15) is 25.4 Å². The fourth-order valence-electron chi connectivity index (χ4n) is 8.58. The molecule has 85 heavy (non-hydrogen) atoms. The van der Waals surface area contributed by atoms with E-state index in [0.717, 1.165) is 141 Å². The van der Waals surface area contributed by atoms with Crippen molar-refractivity contribution in [3.63, 3.8) is 0 Å². The largest absolute Gasteiger partial charge is 0.472 e. The number of phosphoric ester groups is 2. The molecule has 16 nitrogen and oxygen atoms in total. The number of rotatable bonds is 62. The first-order valence-electron chi connectivity index (χ1n) is 32.9. The number of aliphatic hydroxyl groups is 2. The van der Waals surface area contributed by atoms with Crippen molar-refractivity contribution in [3.8, 4) is 0 Å². The molecular weight excluding hydrogens is 1120 g/mol. The molecular formula is C67H118O16P2. The number of carbonyl (C=O) groups is 3. The van der Waals surface area contributed by atoms with Crippen LogP contribution in [-0.4, -0.2) is 95.9 Å². The zero-order valence-electron chi connectivity index (χ0n) is 53.0. The molecule has 0 fully saturated rings. The van der Waals surface area contributed by atoms with Crippen molar-refractivity contribution in [2.24, 2.45) is 0 Å². The highest BCUT2D eigenvalue weighted by molar-refractivity contribution is 7.47. The van der Waals surface area contributed by atoms with E-state index in [1.165, 1.54) is 64.2 Å². The molecule has 18 heteroatoms. The molecule has 0 spiro atoms. The van der Waals surface area contributed by atoms with E-state index in [0.29, 0.717) is 19.3 Å². The van der Waals surface area contributed by atoms with Gasteiger partial charge in [0, 0.05) is 19.3 Å². The number of hydrogen-bond donors (Lipinski definition) is 4. The first-order valence-corrected chi connectivity index (χ1v) is 35.9. The third kappa shape index (κ3) is 62.1. The lowest BCUT2D eigenvalue weighted by Crippen LogP contribution is -2.30. The molecule has 0 aliphatic heterocycles. The number of esters is 3. The Hall–Kier alpha value is -3.27. The third-order valence-electron chi connectivity index (χ3n) is 13.6. The SMILES string of the molecule is CC/C=C\C/C=C\C/C=C\C/C=C\C/C=C\CCCCCCCCCCCC(=O)OCC(O)COP(=O)(O)OCC(O)COP(=O)(O)OCC(COC(=O)CCCCCCC/C=C\C/C=C\CCC)OC(=O)CCCCCCCCCCCCC. The molecule has 0 radical (unpaired) electrons. The van der Waals surface area contributed by atoms with Gasteiger partial charge in [-0.05, 0) is 89.9 Å². The van der Waals surface area contributed by atoms with E-state index in [9.17, 15) is 43.5 Å². The molecule has 0 amide bonds. The van der Waals surface area contributed by atoms with Gasteiger partial charge in [-0.1, -0.05) is 241 Å². The predicted molar refractivity (Wildman–Crippen MR) is 344 cm³/mol. The Morgan fingerprint density at radius 1 is 0.341 bits per heavy atom. The van der Waals surface area contributed by atoms with Crippen LogP contribution in [0.5, 0.6) is 0 Å². The van der Waals surface area contributed by atoms with Gasteiger partial charge < -0.3 is 34.2 Å². The zero-order chi connectivity index (χ0) is 62.4. The van der Waals surface area contributed by atoms with Crippen LogP contribution in [0, 0.1) is 0 Å². The number of carbonyl (C=O) groups excluding carboxylic acids is 3. The molecule has 5 unspecified atom stereocenters. The van der Waals surface area contributed by atoms with Gasteiger partial charge >= 0.3 is 33.6 Å². The summed E-state index contributed by atoms with van der Waals surface area (Å²) in [4.78, 5) is 58.1. The molecule has 0 aliphatic carbocycles. The topological polar surface area (TPSA) is 231 Å². The molecule has 0 aromatic heterocycles. The third-order valence-corrected chi connectivity index (χ3v) is 15.5. The summed E-state index contributed by atoms with van der Waals surface area (Å²) in [6.45, 7) is 2.45. The second-order valence-corrected chi connectivity index (χ2v) is 24.8. The second-order valence-electron chi connectivity index (χ2n) is 21.9. The van der Waals surface area contributed by atoms with Crippen LogP contribution in [0.1, 0.15) is 265 Å². The van der Waals surface area contributed by atoms with E-state index in [2.05, 4.69) is 106 Å². The zero-order valence-corrected chi connectivity index (χ0v) is 54.8. The average Bonchev–Trinajstić information content (AvgIpc) is 3.60. The van der Waals surface area contributed by atoms with E-state index < -0.39 is 91.5 Å². The maximum Gasteiger partial charge on any atom is 0.472 e. The van der Waals surface area contributed by atoms with Crippen LogP contribution in [0.4, 0.5) is 0 Å². The minimum atomic E-state index is -4.91. The second kappa shape index (κ2) is 61.0. The number of hydrogen-bond acceptors (Lipinski definition) is 14. The molecule has 5 atom stereocenters. The van der Waals surface area contributed by atoms with Gasteiger partial charge in [-0.15, -0.1) is 0 Å². The lowest BCUT2D eigenvalue weighted by molar-refractivity contribution is -0.161. The Morgan fingerprint density at radius 2 is 0.647 bits per heavy atom. The van der Waals surface area contributed by atoms with Crippen LogP contribution >= 0.6 is 15.6 Å². The molecule has 0 bridgehead atoms. The van der Waals surface area contributed by atoms with Crippen molar-refractivity contribution >= 4 is 33.6 Å². The van der Waals surface area contributed by atoms with Gasteiger partial charge in [-0.3, -0.25) is 32.5 Å². The number of ether oxygens (including phenoxy) is 3. The van der Waals surface area contributed by atoms with Crippen LogP contribution in [0.25, 0.3) is 0 Å². The number of allylic oxidation sites excluding steroid dienone is 14. The Kier molecular flexibility index (Phi) is 58.6. The standard InChI is InChI=1S/C67H118O16P2/c1-4-7-10-13-16-19-22-24-25-26-27-28-29-30-31-32-33-34-35-37-40-41-44-47-50-53-65(70)77-56-62(68)57-79-84(73,74)80-58-63(69)59-81-85(75,76)82-61-64(83-67(72)55-52-49-46-43-38-21-18-15-12-9-6-3)60-78-66(71)54-51-48-45-42-39-36-23-20-17-14-11-8-5-2/h7,10-11,14,16,19-20,23-25,27-28,30-31,62-64,68-69H,4-6,8-9,12-13,15,17-18,21-22,26,29,32-61H2,1-3H3,(H,73,74)(H,75,76)/b10-7-,14-11-,19-16-,23-20-,25-24-,28-27-,31-30-. The van der Waals surface area contributed by atoms with Crippen LogP contribution in [0.15, 0.2) is 85.1 Å². The fraction of sp³-hybridized carbons (Fsp3) is 0.746. The van der Waals surface area contributed by atoms with Crippen molar-refractivity contribution < 1.29 is 75.8 Å². The van der Waals surface area contributed by atoms with Gasteiger partial charge in [-0.2, -0.15) is 0 Å². The van der Waals surface area contributed by atoms with Crippen LogP contribution in [0.3, 0.4) is 0 Å². The van der Waals surface area contributed by atoms with Crippen molar-refractivity contribution in [1.82, 2.24) is 0 Å². The Balaban J connectivity index is 4.48. The summed E-state index contributed by atoms with van der Waals surface area (Å²) < 4.78 is 60.7. The minimum Gasteiger partial charge on any atom is -0.463 e. The molecule has 0 heterocycles. The molecule has 0 aromatic carbocycles. The quantitative estimate of drug-likeness (QED) is 0.0146. The van der Waals surface area contributed by atoms with Gasteiger partial charge in [-0.25, -0.2) is 9.13 Å². The van der Waals surface area contributed by atoms with Crippen molar-refractivity contribution in [2.75, 3.05) is 39.6 Å². The van der Waals surface area contributed by atoms with Crippen molar-refractivity contribution in [1.29, 1.82) is 0 Å². The van der Waals surface area contributed by atoms with Gasteiger partial charge in [0.25, 0.3) is 0 Å². The number of phosphoric acid groups is 2. The average molecular weight is 1240 g/mol. The summed E-state index contributed by atoms with van der Waals surface area (Å²) in [5, 5.41) is 20.5. The van der Waals surface area contributed by atoms with E-state index in [-0.39, 0.29) is 19.3 Å². The molecule has 0 aliphatic rings. The smallest absolute Gasteiger partial charge is 0.463 e. The molecule has 0 saturated carbocycles. The van der Waals surface area contributed by atoms with Gasteiger partial charge in [0.15, 0.2) is 6.10 Å². The lowest BCUT2D eigenvalue weighted by atomic mass is 10.1. The Labute approximate surface area is 515 Å². The summed E-state index contributed by atoms with van der Waals surface area (Å²) in [5.41, 5.74) is 0. The highest BCUT2D eigenvalue weighted by atomic mass is 31.2. The van der Waals surface area contributed by atoms with E-state index in [4.69, 9.17) is 32.3 Å². The highest BCUT2D eigenvalue weighted by Crippen LogP contribution is 2.45. The van der Waals surface area contributed by atoms with E-state index >= 15 is 0 Å². The first-order chi connectivity index (χ1) is 41.2. The van der Waals surface area contributed by atoms with E-state index in [1.54, 1.807) is 0 Å².